The summed E-state index contributed by atoms with van der Waals surface area (Å²) >= 11 is 0. The maximum atomic E-state index is 14.5. The molecular formula is C47H70N16O9. The van der Waals surface area contributed by atoms with Gasteiger partial charge in [-0.15, -0.1) is 0 Å². The Morgan fingerprint density at radius 1 is 0.819 bits per heavy atom. The van der Waals surface area contributed by atoms with Gasteiger partial charge in [0.2, 0.25) is 47.3 Å². The molecule has 0 aliphatic carbocycles. The van der Waals surface area contributed by atoms with Gasteiger partial charge in [0.25, 0.3) is 0 Å². The summed E-state index contributed by atoms with van der Waals surface area (Å²) in [5, 5.41) is 31.6. The molecule has 25 heteroatoms. The van der Waals surface area contributed by atoms with Gasteiger partial charge >= 0.3 is 0 Å². The zero-order valence-corrected chi connectivity index (χ0v) is 40.7. The van der Waals surface area contributed by atoms with Crippen molar-refractivity contribution in [1.82, 2.24) is 47.1 Å². The molecule has 0 radical (unpaired) electrons. The highest BCUT2D eigenvalue weighted by Gasteiger charge is 2.34. The van der Waals surface area contributed by atoms with Crippen LogP contribution in [0.15, 0.2) is 70.8 Å². The van der Waals surface area contributed by atoms with Gasteiger partial charge < -0.3 is 75.6 Å². The maximum Gasteiger partial charge on any atom is 0.245 e. The number of aromatic nitrogens is 1. The number of primary amides is 1. The minimum atomic E-state index is -1.57. The van der Waals surface area contributed by atoms with Crippen molar-refractivity contribution in [3.8, 4) is 0 Å². The maximum absolute atomic E-state index is 14.5. The van der Waals surface area contributed by atoms with E-state index in [2.05, 4.69) is 52.2 Å². The number of fused-ring (bicyclic) bond motifs is 1. The first kappa shape index (κ1) is 56.8. The molecule has 2 aromatic carbocycles. The Morgan fingerprint density at radius 2 is 1.49 bits per heavy atom. The van der Waals surface area contributed by atoms with Crippen LogP contribution in [0.4, 0.5) is 0 Å². The topological polar surface area (TPSA) is 415 Å². The van der Waals surface area contributed by atoms with Crippen molar-refractivity contribution in [2.45, 2.75) is 114 Å². The van der Waals surface area contributed by atoms with Crippen molar-refractivity contribution in [2.75, 3.05) is 33.2 Å². The van der Waals surface area contributed by atoms with Crippen LogP contribution in [0.1, 0.15) is 69.4 Å². The Bertz CT molecular complexity index is 2390. The third-order valence-corrected chi connectivity index (χ3v) is 11.7. The van der Waals surface area contributed by atoms with Crippen LogP contribution in [-0.2, 0) is 51.2 Å². The zero-order valence-electron chi connectivity index (χ0n) is 40.7. The van der Waals surface area contributed by atoms with Crippen LogP contribution in [0.25, 0.3) is 10.9 Å². The molecule has 1 aromatic heterocycles. The molecule has 0 bridgehead atoms. The second-order valence-corrected chi connectivity index (χ2v) is 17.6. The van der Waals surface area contributed by atoms with E-state index in [1.807, 2.05) is 24.3 Å². The summed E-state index contributed by atoms with van der Waals surface area (Å²) in [7, 11) is 1.27. The monoisotopic (exact) mass is 1000 g/mol. The molecule has 1 saturated heterocycles. The first-order valence-corrected chi connectivity index (χ1v) is 23.7. The van der Waals surface area contributed by atoms with Crippen molar-refractivity contribution < 1.29 is 43.5 Å². The number of aliphatic hydroxyl groups is 1. The fourth-order valence-corrected chi connectivity index (χ4v) is 8.04. The Morgan fingerprint density at radius 3 is 2.17 bits per heavy atom. The fourth-order valence-electron chi connectivity index (χ4n) is 8.04. The third kappa shape index (κ3) is 19.2. The summed E-state index contributed by atoms with van der Waals surface area (Å²) in [6, 6.07) is 8.56. The summed E-state index contributed by atoms with van der Waals surface area (Å²) < 4.78 is 0. The highest BCUT2D eigenvalue weighted by Crippen LogP contribution is 2.20. The largest absolute Gasteiger partial charge is 0.376 e. The number of likely N-dealkylation sites (N-methyl/N-ethyl adjacent to an activating group) is 1. The first-order chi connectivity index (χ1) is 34.3. The number of rotatable bonds is 16. The van der Waals surface area contributed by atoms with Gasteiger partial charge in [-0.1, -0.05) is 48.5 Å². The molecule has 0 spiro atoms. The molecular weight excluding hydrogens is 933 g/mol. The number of guanidine groups is 2. The highest BCUT2D eigenvalue weighted by atomic mass is 16.3. The zero-order chi connectivity index (χ0) is 52.7. The number of nitrogens with one attached hydrogen (secondary N) is 8. The van der Waals surface area contributed by atoms with E-state index in [-0.39, 0.29) is 76.5 Å². The Balaban J connectivity index is 1.71. The number of nitrogens with two attached hydrogens (primary N) is 5. The van der Waals surface area contributed by atoms with E-state index in [9.17, 15) is 43.5 Å². The average Bonchev–Trinajstić information content (AvgIpc) is 3.73. The molecule has 7 atom stereocenters. The molecule has 0 saturated carbocycles. The summed E-state index contributed by atoms with van der Waals surface area (Å²) in [4.78, 5) is 121. The van der Waals surface area contributed by atoms with E-state index in [0.29, 0.717) is 18.4 Å². The molecule has 25 nitrogen and oxygen atoms in total. The number of amides is 8. The molecule has 392 valence electrons. The van der Waals surface area contributed by atoms with Gasteiger partial charge in [-0.2, -0.15) is 0 Å². The predicted molar refractivity (Wildman–Crippen MR) is 269 cm³/mol. The number of carbonyl (C=O) groups is 8. The second kappa shape index (κ2) is 28.8. The lowest BCUT2D eigenvalue weighted by atomic mass is 10.0. The summed E-state index contributed by atoms with van der Waals surface area (Å²) in [5.41, 5.74) is 29.9. The van der Waals surface area contributed by atoms with Crippen molar-refractivity contribution in [3.63, 3.8) is 0 Å². The molecule has 8 amide bonds. The van der Waals surface area contributed by atoms with Gasteiger partial charge in [-0.05, 0) is 68.6 Å². The predicted octanol–water partition coefficient (Wildman–Crippen LogP) is -3.59. The average molecular weight is 1000 g/mol. The molecule has 19 N–H and O–H groups in total. The van der Waals surface area contributed by atoms with E-state index >= 15 is 0 Å². The van der Waals surface area contributed by atoms with Crippen LogP contribution < -0.4 is 65.9 Å². The van der Waals surface area contributed by atoms with Crippen LogP contribution in [0.3, 0.4) is 0 Å². The number of aliphatic imine (C=N–C) groups is 2. The van der Waals surface area contributed by atoms with E-state index in [0.717, 1.165) is 21.4 Å². The third-order valence-electron chi connectivity index (χ3n) is 11.7. The quantitative estimate of drug-likeness (QED) is 0.0375. The SMILES string of the molecule is CC(=O)N[C@@H](CCCN=C(N)N)C(=O)N[C@H]1CC(=O)NCCCC[C@@H](C(N)=O)NC(O)[C@H](Cc2c[nH]c3ccccc23)NC(=O)[C@H](CCCN=C(N)N)NC(=O)[C@@H](Cc2ccccc2)NC(=O)CN(C)C1=O. The van der Waals surface area contributed by atoms with Gasteiger partial charge in [0, 0.05) is 57.1 Å². The molecule has 1 aliphatic heterocycles. The van der Waals surface area contributed by atoms with Crippen LogP contribution >= 0.6 is 0 Å². The van der Waals surface area contributed by atoms with Crippen molar-refractivity contribution in [3.05, 3.63) is 71.9 Å². The van der Waals surface area contributed by atoms with E-state index in [1.165, 1.54) is 14.0 Å². The van der Waals surface area contributed by atoms with Crippen molar-refractivity contribution in [1.29, 1.82) is 0 Å². The smallest absolute Gasteiger partial charge is 0.245 e. The van der Waals surface area contributed by atoms with Crippen molar-refractivity contribution >= 4 is 70.1 Å². The Hall–Kier alpha value is -7.80. The number of para-hydroxylation sites is 1. The van der Waals surface area contributed by atoms with E-state index < -0.39 is 103 Å². The molecule has 3 aromatic rings. The highest BCUT2D eigenvalue weighted by molar-refractivity contribution is 5.97. The van der Waals surface area contributed by atoms with Crippen molar-refractivity contribution in [2.24, 2.45) is 38.7 Å². The van der Waals surface area contributed by atoms with E-state index in [1.54, 1.807) is 36.5 Å². The molecule has 1 aliphatic rings. The van der Waals surface area contributed by atoms with Gasteiger partial charge in [0.1, 0.15) is 30.4 Å². The lowest BCUT2D eigenvalue weighted by Crippen LogP contribution is -2.60. The Labute approximate surface area is 417 Å². The van der Waals surface area contributed by atoms with Crippen LogP contribution in [-0.4, -0.2) is 150 Å². The first-order valence-electron chi connectivity index (χ1n) is 23.7. The van der Waals surface area contributed by atoms with Crippen LogP contribution in [0.2, 0.25) is 0 Å². The minimum absolute atomic E-state index is 0.0102. The normalized spacial score (nSPS) is 21.7. The lowest BCUT2D eigenvalue weighted by molar-refractivity contribution is -0.140. The van der Waals surface area contributed by atoms with E-state index in [4.69, 9.17) is 28.7 Å². The number of H-pyrrole nitrogens is 1. The number of benzene rings is 2. The minimum Gasteiger partial charge on any atom is -0.376 e. The number of hydrogen-bond acceptors (Lipinski definition) is 12. The molecule has 1 fully saturated rings. The Kier molecular flexibility index (Phi) is 22.7. The number of aliphatic hydroxyl groups excluding tert-OH is 1. The standard InChI is InChI=1S/C47H70N16O9/c1-27(64)57-33(17-10-20-54-46(49)50)41(68)62-37-24-38(65)53-19-9-8-16-32(40(48)67)59-44(71)36(23-29-25-56-31-15-7-6-14-30(29)31)61-42(69)34(18-11-21-55-47(51)52)60-43(70)35(22-28-12-4-3-5-13-28)58-39(66)26-63(2)45(37)72/h3-7,12-15,25,32-37,44,56,59,71H,8-11,16-24,26H2,1-2H3,(H2,48,67)(H,53,65)(H,57,64)(H,58,66)(H,60,70)(H,61,69)(H,62,68)(H4,49,50,54)(H4,51,52,55)/t32-,33-,34-,35+,36-,37-,44?/m0/s1. The van der Waals surface area contributed by atoms with Gasteiger partial charge in [0.15, 0.2) is 11.9 Å². The second-order valence-electron chi connectivity index (χ2n) is 17.6. The molecule has 1 unspecified atom stereocenters. The number of aromatic amines is 1. The number of carbonyl (C=O) groups excluding carboxylic acids is 8. The summed E-state index contributed by atoms with van der Waals surface area (Å²) in [6.45, 7) is 0.838. The molecule has 4 rings (SSSR count). The van der Waals surface area contributed by atoms with Crippen LogP contribution in [0.5, 0.6) is 0 Å². The lowest BCUT2D eigenvalue weighted by Gasteiger charge is -2.30. The van der Waals surface area contributed by atoms with Gasteiger partial charge in [-0.3, -0.25) is 53.7 Å². The molecule has 2 heterocycles. The van der Waals surface area contributed by atoms with Crippen LogP contribution in [0, 0.1) is 0 Å². The molecule has 72 heavy (non-hydrogen) atoms. The number of hydrogen-bond donors (Lipinski definition) is 14. The summed E-state index contributed by atoms with van der Waals surface area (Å²) in [5.74, 6) is -6.33. The number of nitrogens with zero attached hydrogens (tertiary/aromatic N) is 3. The van der Waals surface area contributed by atoms with Gasteiger partial charge in [0.05, 0.1) is 25.0 Å². The summed E-state index contributed by atoms with van der Waals surface area (Å²) in [6.07, 6.45) is 0.768. The fraction of sp³-hybridized carbons (Fsp3) is 0.489. The van der Waals surface area contributed by atoms with Gasteiger partial charge in [-0.25, -0.2) is 0 Å².